The molecule has 8 heteroatoms. The van der Waals surface area contributed by atoms with Crippen molar-refractivity contribution < 1.29 is 9.18 Å². The van der Waals surface area contributed by atoms with Crippen LogP contribution >= 0.6 is 0 Å². The summed E-state index contributed by atoms with van der Waals surface area (Å²) < 4.78 is 13.0. The van der Waals surface area contributed by atoms with Crippen LogP contribution in [0.3, 0.4) is 0 Å². The predicted octanol–water partition coefficient (Wildman–Crippen LogP) is 4.35. The number of hydrogen-bond donors (Lipinski definition) is 3. The molecule has 0 aliphatic heterocycles. The maximum absolute atomic E-state index is 13.0. The lowest BCUT2D eigenvalue weighted by atomic mass is 9.86. The number of aryl methyl sites for hydroxylation is 1. The van der Waals surface area contributed by atoms with Gasteiger partial charge in [0.2, 0.25) is 5.95 Å². The van der Waals surface area contributed by atoms with Crippen LogP contribution in [0.25, 0.3) is 0 Å². The van der Waals surface area contributed by atoms with Crippen LogP contribution < -0.4 is 20.9 Å². The second kappa shape index (κ2) is 10.1. The van der Waals surface area contributed by atoms with Crippen molar-refractivity contribution in [1.82, 2.24) is 15.3 Å². The maximum Gasteiger partial charge on any atom is 0.319 e. The molecule has 0 bridgehead atoms. The summed E-state index contributed by atoms with van der Waals surface area (Å²) in [7, 11) is 4.09. The molecule has 0 spiro atoms. The van der Waals surface area contributed by atoms with E-state index in [1.165, 1.54) is 36.2 Å². The van der Waals surface area contributed by atoms with Crippen molar-refractivity contribution >= 4 is 23.5 Å². The summed E-state index contributed by atoms with van der Waals surface area (Å²) >= 11 is 0. The molecule has 0 unspecified atom stereocenters. The van der Waals surface area contributed by atoms with E-state index in [0.29, 0.717) is 24.2 Å². The smallest absolute Gasteiger partial charge is 0.319 e. The van der Waals surface area contributed by atoms with E-state index < -0.39 is 0 Å². The third-order valence-corrected chi connectivity index (χ3v) is 6.42. The van der Waals surface area contributed by atoms with E-state index >= 15 is 0 Å². The van der Waals surface area contributed by atoms with Gasteiger partial charge in [0.1, 0.15) is 11.6 Å². The summed E-state index contributed by atoms with van der Waals surface area (Å²) in [5.74, 6) is 1.92. The van der Waals surface area contributed by atoms with Crippen LogP contribution in [0.4, 0.5) is 26.6 Å². The average molecular weight is 441 g/mol. The first-order chi connectivity index (χ1) is 15.5. The Hall–Kier alpha value is -2.90. The fraction of sp³-hybridized carbons (Fsp3) is 0.542. The normalized spacial score (nSPS) is 20.2. The number of benzene rings is 1. The number of aromatic nitrogens is 2. The third kappa shape index (κ3) is 5.66. The van der Waals surface area contributed by atoms with Crippen molar-refractivity contribution in [3.05, 3.63) is 41.3 Å². The molecule has 2 amide bonds. The van der Waals surface area contributed by atoms with Gasteiger partial charge in [0, 0.05) is 37.9 Å². The Labute approximate surface area is 189 Å². The van der Waals surface area contributed by atoms with Crippen LogP contribution in [-0.4, -0.2) is 42.7 Å². The quantitative estimate of drug-likeness (QED) is 0.622. The first kappa shape index (κ1) is 22.3. The van der Waals surface area contributed by atoms with E-state index in [1.807, 2.05) is 14.1 Å². The fourth-order valence-corrected chi connectivity index (χ4v) is 4.65. The predicted molar refractivity (Wildman–Crippen MR) is 126 cm³/mol. The number of hydrogen-bond acceptors (Lipinski definition) is 5. The van der Waals surface area contributed by atoms with Gasteiger partial charge in [-0.1, -0.05) is 0 Å². The van der Waals surface area contributed by atoms with Crippen molar-refractivity contribution in [2.45, 2.75) is 57.4 Å². The molecule has 0 atom stereocenters. The molecular formula is C24H33FN6O. The second-order valence-electron chi connectivity index (χ2n) is 9.10. The average Bonchev–Trinajstić information content (AvgIpc) is 2.79. The number of carbonyl (C=O) groups is 1. The Morgan fingerprint density at radius 3 is 2.50 bits per heavy atom. The molecule has 172 valence electrons. The zero-order valence-electron chi connectivity index (χ0n) is 19.0. The van der Waals surface area contributed by atoms with Crippen LogP contribution in [0.15, 0.2) is 24.3 Å². The first-order valence-electron chi connectivity index (χ1n) is 11.6. The standard InChI is InChI=1S/C24H33FN6O/c1-31(2)22-20-5-3-4-6-21(20)29-23(30-22)27-18-11-7-16(8-12-18)15-26-24(32)28-19-13-9-17(25)10-14-19/h9-10,13-14,16,18H,3-8,11-12,15H2,1-2H3,(H2,26,28,32)(H,27,29,30). The van der Waals surface area contributed by atoms with Gasteiger partial charge in [-0.3, -0.25) is 0 Å². The Balaban J connectivity index is 1.25. The minimum atomic E-state index is -0.319. The van der Waals surface area contributed by atoms with Gasteiger partial charge >= 0.3 is 6.03 Å². The number of rotatable bonds is 6. The molecular weight excluding hydrogens is 407 g/mol. The van der Waals surface area contributed by atoms with Gasteiger partial charge in [-0.2, -0.15) is 4.98 Å². The second-order valence-corrected chi connectivity index (χ2v) is 9.10. The molecule has 1 heterocycles. The Bertz CT molecular complexity index is 925. The van der Waals surface area contributed by atoms with Crippen LogP contribution in [0.5, 0.6) is 0 Å². The molecule has 0 saturated heterocycles. The van der Waals surface area contributed by atoms with Gasteiger partial charge in [-0.25, -0.2) is 14.2 Å². The number of carbonyl (C=O) groups excluding carboxylic acids is 1. The van der Waals surface area contributed by atoms with Gasteiger partial charge in [0.15, 0.2) is 0 Å². The minimum absolute atomic E-state index is 0.254. The van der Waals surface area contributed by atoms with Crippen molar-refractivity contribution in [2.24, 2.45) is 5.92 Å². The van der Waals surface area contributed by atoms with Gasteiger partial charge in [-0.05, 0) is 81.5 Å². The monoisotopic (exact) mass is 440 g/mol. The van der Waals surface area contributed by atoms with Gasteiger partial charge in [0.25, 0.3) is 0 Å². The molecule has 1 aromatic heterocycles. The Kier molecular flexibility index (Phi) is 7.07. The van der Waals surface area contributed by atoms with E-state index in [0.717, 1.165) is 50.3 Å². The highest BCUT2D eigenvalue weighted by Gasteiger charge is 2.24. The van der Waals surface area contributed by atoms with Crippen LogP contribution in [0.1, 0.15) is 49.8 Å². The molecule has 32 heavy (non-hydrogen) atoms. The first-order valence-corrected chi connectivity index (χ1v) is 11.6. The van der Waals surface area contributed by atoms with E-state index in [-0.39, 0.29) is 11.8 Å². The number of nitrogens with zero attached hydrogens (tertiary/aromatic N) is 3. The van der Waals surface area contributed by atoms with Crippen LogP contribution in [0.2, 0.25) is 0 Å². The summed E-state index contributed by atoms with van der Waals surface area (Å²) in [4.78, 5) is 23.8. The molecule has 1 aromatic carbocycles. The van der Waals surface area contributed by atoms with Crippen LogP contribution in [0, 0.1) is 11.7 Å². The number of nitrogens with one attached hydrogen (secondary N) is 3. The zero-order chi connectivity index (χ0) is 22.5. The van der Waals surface area contributed by atoms with Crippen molar-refractivity contribution in [3.8, 4) is 0 Å². The SMILES string of the molecule is CN(C)c1nc(NC2CCC(CNC(=O)Nc3ccc(F)cc3)CC2)nc2c1CCCC2. The number of urea groups is 1. The summed E-state index contributed by atoms with van der Waals surface area (Å²) in [6.45, 7) is 0.639. The lowest BCUT2D eigenvalue weighted by Crippen LogP contribution is -2.36. The highest BCUT2D eigenvalue weighted by Crippen LogP contribution is 2.30. The molecule has 3 N–H and O–H groups in total. The number of fused-ring (bicyclic) bond motifs is 1. The van der Waals surface area contributed by atoms with E-state index in [9.17, 15) is 9.18 Å². The minimum Gasteiger partial charge on any atom is -0.362 e. The number of amides is 2. The highest BCUT2D eigenvalue weighted by atomic mass is 19.1. The molecule has 0 radical (unpaired) electrons. The topological polar surface area (TPSA) is 82.2 Å². The Morgan fingerprint density at radius 1 is 1.06 bits per heavy atom. The van der Waals surface area contributed by atoms with E-state index in [4.69, 9.17) is 9.97 Å². The molecule has 1 saturated carbocycles. The summed E-state index contributed by atoms with van der Waals surface area (Å²) in [6, 6.07) is 5.87. The molecule has 2 aliphatic rings. The lowest BCUT2D eigenvalue weighted by molar-refractivity contribution is 0.246. The maximum atomic E-state index is 13.0. The van der Waals surface area contributed by atoms with E-state index in [1.54, 1.807) is 12.1 Å². The molecule has 2 aliphatic carbocycles. The van der Waals surface area contributed by atoms with Crippen LogP contribution in [-0.2, 0) is 12.8 Å². The zero-order valence-corrected chi connectivity index (χ0v) is 19.0. The molecule has 2 aromatic rings. The third-order valence-electron chi connectivity index (χ3n) is 6.42. The van der Waals surface area contributed by atoms with Crippen molar-refractivity contribution in [2.75, 3.05) is 36.2 Å². The summed E-state index contributed by atoms with van der Waals surface area (Å²) in [5, 5.41) is 9.25. The summed E-state index contributed by atoms with van der Waals surface area (Å²) in [5.41, 5.74) is 3.09. The summed E-state index contributed by atoms with van der Waals surface area (Å²) in [6.07, 6.45) is 8.65. The largest absolute Gasteiger partial charge is 0.362 e. The number of anilines is 3. The molecule has 1 fully saturated rings. The van der Waals surface area contributed by atoms with Gasteiger partial charge in [-0.15, -0.1) is 0 Å². The Morgan fingerprint density at radius 2 is 1.78 bits per heavy atom. The molecule has 4 rings (SSSR count). The highest BCUT2D eigenvalue weighted by molar-refractivity contribution is 5.89. The lowest BCUT2D eigenvalue weighted by Gasteiger charge is -2.30. The fourth-order valence-electron chi connectivity index (χ4n) is 4.65. The molecule has 7 nitrogen and oxygen atoms in total. The van der Waals surface area contributed by atoms with Gasteiger partial charge < -0.3 is 20.9 Å². The van der Waals surface area contributed by atoms with Gasteiger partial charge in [0.05, 0.1) is 5.69 Å². The van der Waals surface area contributed by atoms with E-state index in [2.05, 4.69) is 20.9 Å². The van der Waals surface area contributed by atoms with Crippen molar-refractivity contribution in [1.29, 1.82) is 0 Å². The number of halogens is 1. The van der Waals surface area contributed by atoms with Crippen molar-refractivity contribution in [3.63, 3.8) is 0 Å².